The molecule has 0 fully saturated rings. The molecule has 0 spiro atoms. The molecule has 1 N–H and O–H groups in total. The maximum Gasteiger partial charge on any atom is 0.274 e. The van der Waals surface area contributed by atoms with Gasteiger partial charge in [-0.2, -0.15) is 5.10 Å². The zero-order chi connectivity index (χ0) is 18.7. The normalized spacial score (nSPS) is 16.2. The number of nitro benzene ring substituents is 1. The van der Waals surface area contributed by atoms with E-state index < -0.39 is 0 Å². The summed E-state index contributed by atoms with van der Waals surface area (Å²) in [5, 5.41) is 21.0. The molecule has 2 aromatic rings. The fourth-order valence-electron chi connectivity index (χ4n) is 2.95. The summed E-state index contributed by atoms with van der Waals surface area (Å²) in [6.45, 7) is 0. The second-order valence-corrected chi connectivity index (χ2v) is 6.10. The van der Waals surface area contributed by atoms with E-state index in [4.69, 9.17) is 17.0 Å². The van der Waals surface area contributed by atoms with Crippen molar-refractivity contribution in [3.8, 4) is 5.75 Å². The van der Waals surface area contributed by atoms with Gasteiger partial charge in [0, 0.05) is 19.5 Å². The number of nitro groups is 1. The second kappa shape index (κ2) is 7.49. The monoisotopic (exact) mass is 370 g/mol. The molecular formula is C18H18N4O3S. The summed E-state index contributed by atoms with van der Waals surface area (Å²) in [5.41, 5.74) is 2.39. The van der Waals surface area contributed by atoms with Gasteiger partial charge in [0.1, 0.15) is 5.75 Å². The van der Waals surface area contributed by atoms with Crippen molar-refractivity contribution >= 4 is 28.7 Å². The fourth-order valence-corrected chi connectivity index (χ4v) is 3.12. The van der Waals surface area contributed by atoms with Crippen LogP contribution in [0.4, 0.5) is 5.69 Å². The summed E-state index contributed by atoms with van der Waals surface area (Å²) in [6.07, 6.45) is 0.513. The van der Waals surface area contributed by atoms with Gasteiger partial charge < -0.3 is 10.1 Å². The van der Waals surface area contributed by atoms with E-state index in [0.29, 0.717) is 17.1 Å². The third kappa shape index (κ3) is 3.36. The van der Waals surface area contributed by atoms with Gasteiger partial charge in [0.2, 0.25) is 0 Å². The van der Waals surface area contributed by atoms with Crippen molar-refractivity contribution < 1.29 is 9.66 Å². The first kappa shape index (κ1) is 17.8. The van der Waals surface area contributed by atoms with Crippen LogP contribution in [0.1, 0.15) is 23.6 Å². The number of nitrogens with zero attached hydrogens (tertiary/aromatic N) is 3. The Hall–Kier alpha value is -3.00. The number of benzene rings is 2. The first-order valence-corrected chi connectivity index (χ1v) is 8.42. The Morgan fingerprint density at radius 1 is 1.31 bits per heavy atom. The molecule has 1 aliphatic heterocycles. The van der Waals surface area contributed by atoms with Crippen LogP contribution in [0.25, 0.3) is 0 Å². The van der Waals surface area contributed by atoms with Crippen LogP contribution in [0.15, 0.2) is 53.6 Å². The molecule has 1 heterocycles. The summed E-state index contributed by atoms with van der Waals surface area (Å²) in [4.78, 5) is 11.1. The van der Waals surface area contributed by atoms with Gasteiger partial charge >= 0.3 is 0 Å². The maximum atomic E-state index is 11.4. The number of hydrogen-bond acceptors (Lipinski definition) is 5. The number of nitrogens with one attached hydrogen (secondary N) is 1. The largest absolute Gasteiger partial charge is 0.497 e. The first-order chi connectivity index (χ1) is 12.5. The Morgan fingerprint density at radius 3 is 2.62 bits per heavy atom. The topological polar surface area (TPSA) is 80.0 Å². The molecule has 0 radical (unpaired) electrons. The average molecular weight is 370 g/mol. The van der Waals surface area contributed by atoms with Gasteiger partial charge in [-0.1, -0.05) is 12.1 Å². The van der Waals surface area contributed by atoms with Crippen molar-refractivity contribution in [3.05, 3.63) is 69.8 Å². The number of para-hydroxylation sites is 1. The molecule has 0 saturated heterocycles. The third-order valence-corrected chi connectivity index (χ3v) is 4.64. The number of ether oxygens (including phenoxy) is 1. The predicted molar refractivity (Wildman–Crippen MR) is 103 cm³/mol. The Morgan fingerprint density at radius 2 is 2.00 bits per heavy atom. The maximum absolute atomic E-state index is 11.4. The van der Waals surface area contributed by atoms with Gasteiger partial charge in [-0.3, -0.25) is 10.1 Å². The van der Waals surface area contributed by atoms with E-state index in [-0.39, 0.29) is 16.7 Å². The van der Waals surface area contributed by atoms with Crippen molar-refractivity contribution in [3.63, 3.8) is 0 Å². The number of hydrazone groups is 1. The second-order valence-electron chi connectivity index (χ2n) is 5.71. The SMILES string of the molecule is CNC(=S)N1N=C(c2ccc(OC)cc2)CC1c1ccccc1[N+](=O)[O-]. The first-order valence-electron chi connectivity index (χ1n) is 8.01. The summed E-state index contributed by atoms with van der Waals surface area (Å²) in [7, 11) is 3.32. The Kier molecular flexibility index (Phi) is 5.13. The molecule has 1 aliphatic rings. The summed E-state index contributed by atoms with van der Waals surface area (Å²) < 4.78 is 5.19. The molecule has 3 rings (SSSR count). The standard InChI is InChI=1S/C18H18N4O3S/c1-19-18(26)21-17(14-5-3-4-6-16(14)22(23)24)11-15(20-21)12-7-9-13(25-2)10-8-12/h3-10,17H,11H2,1-2H3,(H,19,26). The number of hydrogen-bond donors (Lipinski definition) is 1. The van der Waals surface area contributed by atoms with E-state index in [2.05, 4.69) is 10.4 Å². The smallest absolute Gasteiger partial charge is 0.274 e. The van der Waals surface area contributed by atoms with Gasteiger partial charge in [-0.25, -0.2) is 5.01 Å². The molecule has 0 bridgehead atoms. The van der Waals surface area contributed by atoms with Gasteiger partial charge in [-0.15, -0.1) is 0 Å². The number of methoxy groups -OCH3 is 1. The summed E-state index contributed by atoms with van der Waals surface area (Å²) in [6, 6.07) is 13.9. The van der Waals surface area contributed by atoms with E-state index >= 15 is 0 Å². The molecule has 0 aromatic heterocycles. The van der Waals surface area contributed by atoms with Crippen LogP contribution in [0.5, 0.6) is 5.75 Å². The van der Waals surface area contributed by atoms with Crippen molar-refractivity contribution in [1.29, 1.82) is 0 Å². The average Bonchev–Trinajstić information content (AvgIpc) is 3.12. The highest BCUT2D eigenvalue weighted by Gasteiger charge is 2.35. The molecule has 7 nitrogen and oxygen atoms in total. The van der Waals surface area contributed by atoms with Crippen molar-refractivity contribution in [2.45, 2.75) is 12.5 Å². The number of thiocarbonyl (C=S) groups is 1. The highest BCUT2D eigenvalue weighted by molar-refractivity contribution is 7.80. The van der Waals surface area contributed by atoms with Gasteiger partial charge in [0.25, 0.3) is 5.69 Å². The minimum atomic E-state index is -0.374. The minimum absolute atomic E-state index is 0.0626. The molecule has 0 amide bonds. The van der Waals surface area contributed by atoms with Crippen molar-refractivity contribution in [2.24, 2.45) is 5.10 Å². The third-order valence-electron chi connectivity index (χ3n) is 4.25. The van der Waals surface area contributed by atoms with E-state index in [1.165, 1.54) is 6.07 Å². The fraction of sp³-hybridized carbons (Fsp3) is 0.222. The molecule has 2 aromatic carbocycles. The van der Waals surface area contributed by atoms with E-state index in [9.17, 15) is 10.1 Å². The van der Waals surface area contributed by atoms with Crippen LogP contribution >= 0.6 is 12.2 Å². The van der Waals surface area contributed by atoms with Gasteiger partial charge in [-0.05, 0) is 48.1 Å². The van der Waals surface area contributed by atoms with Crippen molar-refractivity contribution in [1.82, 2.24) is 10.3 Å². The lowest BCUT2D eigenvalue weighted by Gasteiger charge is -2.23. The predicted octanol–water partition coefficient (Wildman–Crippen LogP) is 3.26. The molecule has 0 saturated carbocycles. The molecular weight excluding hydrogens is 352 g/mol. The molecule has 1 atom stereocenters. The van der Waals surface area contributed by atoms with Crippen LogP contribution in [-0.2, 0) is 0 Å². The highest BCUT2D eigenvalue weighted by Crippen LogP contribution is 2.37. The lowest BCUT2D eigenvalue weighted by Crippen LogP contribution is -2.34. The Labute approximate surface area is 156 Å². The van der Waals surface area contributed by atoms with E-state index in [1.54, 1.807) is 37.4 Å². The molecule has 8 heteroatoms. The van der Waals surface area contributed by atoms with E-state index in [1.807, 2.05) is 24.3 Å². The van der Waals surface area contributed by atoms with Crippen LogP contribution in [0.3, 0.4) is 0 Å². The summed E-state index contributed by atoms with van der Waals surface area (Å²) in [5.74, 6) is 0.755. The zero-order valence-corrected chi connectivity index (χ0v) is 15.2. The van der Waals surface area contributed by atoms with Crippen molar-refractivity contribution in [2.75, 3.05) is 14.2 Å². The Balaban J connectivity index is 1.99. The lowest BCUT2D eigenvalue weighted by molar-refractivity contribution is -0.385. The molecule has 1 unspecified atom stereocenters. The summed E-state index contributed by atoms with van der Waals surface area (Å²) >= 11 is 5.36. The van der Waals surface area contributed by atoms with Crippen LogP contribution < -0.4 is 10.1 Å². The Bertz CT molecular complexity index is 867. The quantitative estimate of drug-likeness (QED) is 0.505. The van der Waals surface area contributed by atoms with Crippen LogP contribution in [0, 0.1) is 10.1 Å². The van der Waals surface area contributed by atoms with Crippen LogP contribution in [-0.4, -0.2) is 34.9 Å². The van der Waals surface area contributed by atoms with Crippen LogP contribution in [0.2, 0.25) is 0 Å². The highest BCUT2D eigenvalue weighted by atomic mass is 32.1. The molecule has 0 aliphatic carbocycles. The number of rotatable bonds is 4. The van der Waals surface area contributed by atoms with Gasteiger partial charge in [0.05, 0.1) is 29.4 Å². The minimum Gasteiger partial charge on any atom is -0.497 e. The molecule has 26 heavy (non-hydrogen) atoms. The van der Waals surface area contributed by atoms with E-state index in [0.717, 1.165) is 17.0 Å². The van der Waals surface area contributed by atoms with Gasteiger partial charge in [0.15, 0.2) is 5.11 Å². The zero-order valence-electron chi connectivity index (χ0n) is 14.4. The molecule has 134 valence electrons. The lowest BCUT2D eigenvalue weighted by atomic mass is 9.97.